The van der Waals surface area contributed by atoms with Crippen LogP contribution in [0.5, 0.6) is 5.75 Å². The third-order valence-corrected chi connectivity index (χ3v) is 7.38. The quantitative estimate of drug-likeness (QED) is 0.361. The number of hydrogen-bond donors (Lipinski definition) is 2. The third kappa shape index (κ3) is 4.88. The van der Waals surface area contributed by atoms with Crippen molar-refractivity contribution >= 4 is 44.8 Å². The van der Waals surface area contributed by atoms with Gasteiger partial charge in [0.2, 0.25) is 0 Å². The van der Waals surface area contributed by atoms with Crippen LogP contribution in [0, 0.1) is 12.7 Å². The van der Waals surface area contributed by atoms with E-state index in [1.165, 1.54) is 19.2 Å². The number of pyridine rings is 1. The number of anilines is 2. The van der Waals surface area contributed by atoms with Gasteiger partial charge in [0.05, 0.1) is 28.8 Å². The van der Waals surface area contributed by atoms with Crippen molar-refractivity contribution < 1.29 is 17.5 Å². The minimum atomic E-state index is -3.55. The lowest BCUT2D eigenvalue weighted by Crippen LogP contribution is -2.02. The summed E-state index contributed by atoms with van der Waals surface area (Å²) >= 11 is 7.71. The van der Waals surface area contributed by atoms with Crippen LogP contribution in [0.15, 0.2) is 51.5 Å². The molecule has 0 atom stereocenters. The number of halogens is 2. The van der Waals surface area contributed by atoms with E-state index < -0.39 is 15.7 Å². The van der Waals surface area contributed by atoms with Gasteiger partial charge in [0.15, 0.2) is 27.2 Å². The first-order valence-corrected chi connectivity index (χ1v) is 12.9. The van der Waals surface area contributed by atoms with Crippen molar-refractivity contribution in [3.8, 4) is 16.9 Å². The van der Waals surface area contributed by atoms with E-state index in [-0.39, 0.29) is 19.8 Å². The summed E-state index contributed by atoms with van der Waals surface area (Å²) in [5, 5.41) is 14.8. The van der Waals surface area contributed by atoms with Crippen molar-refractivity contribution in [2.75, 3.05) is 18.7 Å². The van der Waals surface area contributed by atoms with Crippen molar-refractivity contribution in [3.05, 3.63) is 53.2 Å². The molecule has 9 nitrogen and oxygen atoms in total. The molecule has 34 heavy (non-hydrogen) atoms. The van der Waals surface area contributed by atoms with E-state index in [1.807, 2.05) is 6.92 Å². The van der Waals surface area contributed by atoms with E-state index in [4.69, 9.17) is 16.3 Å². The summed E-state index contributed by atoms with van der Waals surface area (Å²) in [6.45, 7) is 1.86. The predicted molar refractivity (Wildman–Crippen MR) is 128 cm³/mol. The SMILES string of the molecule is COc1c(Nc2cc(C)[nH]n2)nc(Sc2ccc(S(C)(=O)=O)cc2F)c(Cl)c1-c1cnn(C)c1. The fourth-order valence-electron chi connectivity index (χ4n) is 3.19. The molecule has 0 fully saturated rings. The van der Waals surface area contributed by atoms with Gasteiger partial charge in [-0.25, -0.2) is 17.8 Å². The Morgan fingerprint density at radius 3 is 2.62 bits per heavy atom. The average molecular weight is 523 g/mol. The maximum atomic E-state index is 14.8. The van der Waals surface area contributed by atoms with Gasteiger partial charge in [-0.1, -0.05) is 23.4 Å². The number of sulfone groups is 1. The van der Waals surface area contributed by atoms with Crippen LogP contribution in [0.1, 0.15) is 5.69 Å². The van der Waals surface area contributed by atoms with Crippen LogP contribution in [-0.4, -0.2) is 46.7 Å². The minimum absolute atomic E-state index is 0.115. The number of benzene rings is 1. The van der Waals surface area contributed by atoms with Crippen LogP contribution >= 0.6 is 23.4 Å². The Morgan fingerprint density at radius 2 is 2.06 bits per heavy atom. The number of ether oxygens (including phenoxy) is 1. The maximum absolute atomic E-state index is 14.8. The Kier molecular flexibility index (Phi) is 6.56. The number of nitrogens with zero attached hydrogens (tertiary/aromatic N) is 4. The van der Waals surface area contributed by atoms with E-state index >= 15 is 0 Å². The fraction of sp³-hybridized carbons (Fsp3) is 0.190. The summed E-state index contributed by atoms with van der Waals surface area (Å²) in [5.41, 5.74) is 2.02. The number of aromatic amines is 1. The zero-order valence-corrected chi connectivity index (χ0v) is 20.9. The van der Waals surface area contributed by atoms with E-state index in [2.05, 4.69) is 25.6 Å². The highest BCUT2D eigenvalue weighted by Gasteiger charge is 2.24. The molecule has 0 aliphatic rings. The summed E-state index contributed by atoms with van der Waals surface area (Å²) in [4.78, 5) is 4.62. The van der Waals surface area contributed by atoms with Crippen LogP contribution in [0.3, 0.4) is 0 Å². The Hall–Kier alpha value is -3.09. The molecule has 178 valence electrons. The largest absolute Gasteiger partial charge is 0.492 e. The molecule has 0 saturated carbocycles. The number of methoxy groups -OCH3 is 1. The van der Waals surface area contributed by atoms with Crippen molar-refractivity contribution in [2.45, 2.75) is 21.7 Å². The van der Waals surface area contributed by atoms with Gasteiger partial charge >= 0.3 is 0 Å². The van der Waals surface area contributed by atoms with Crippen LogP contribution in [0.4, 0.5) is 16.0 Å². The molecular formula is C21H20ClFN6O3S2. The monoisotopic (exact) mass is 522 g/mol. The molecule has 0 aliphatic heterocycles. The van der Waals surface area contributed by atoms with Crippen LogP contribution in [-0.2, 0) is 16.9 Å². The van der Waals surface area contributed by atoms with Gasteiger partial charge in [0, 0.05) is 41.7 Å². The Balaban J connectivity index is 1.86. The molecule has 2 N–H and O–H groups in total. The lowest BCUT2D eigenvalue weighted by Gasteiger charge is -2.17. The van der Waals surface area contributed by atoms with Gasteiger partial charge in [-0.15, -0.1) is 0 Å². The first-order valence-electron chi connectivity index (χ1n) is 9.80. The maximum Gasteiger partial charge on any atom is 0.176 e. The third-order valence-electron chi connectivity index (χ3n) is 4.75. The van der Waals surface area contributed by atoms with Crippen molar-refractivity contribution in [2.24, 2.45) is 7.05 Å². The fourth-order valence-corrected chi connectivity index (χ4v) is 5.00. The molecule has 3 heterocycles. The van der Waals surface area contributed by atoms with Gasteiger partial charge in [-0.05, 0) is 25.1 Å². The molecule has 0 unspecified atom stereocenters. The number of nitrogens with one attached hydrogen (secondary N) is 2. The Morgan fingerprint density at radius 1 is 1.29 bits per heavy atom. The molecule has 13 heteroatoms. The zero-order chi connectivity index (χ0) is 24.6. The minimum Gasteiger partial charge on any atom is -0.492 e. The Bertz CT molecular complexity index is 1490. The molecule has 0 saturated heterocycles. The number of hydrogen-bond acceptors (Lipinski definition) is 8. The summed E-state index contributed by atoms with van der Waals surface area (Å²) < 4.78 is 45.6. The number of aryl methyl sites for hydroxylation is 2. The van der Waals surface area contributed by atoms with Gasteiger partial charge in [0.1, 0.15) is 10.8 Å². The number of aromatic nitrogens is 5. The highest BCUT2D eigenvalue weighted by Crippen LogP contribution is 2.47. The van der Waals surface area contributed by atoms with Crippen LogP contribution in [0.25, 0.3) is 11.1 Å². The molecular weight excluding hydrogens is 503 g/mol. The summed E-state index contributed by atoms with van der Waals surface area (Å²) in [7, 11) is -0.289. The molecule has 4 rings (SSSR count). The highest BCUT2D eigenvalue weighted by atomic mass is 35.5. The lowest BCUT2D eigenvalue weighted by molar-refractivity contribution is 0.416. The van der Waals surface area contributed by atoms with Gasteiger partial charge < -0.3 is 10.1 Å². The van der Waals surface area contributed by atoms with Gasteiger partial charge in [0.25, 0.3) is 0 Å². The highest BCUT2D eigenvalue weighted by molar-refractivity contribution is 7.99. The second-order valence-electron chi connectivity index (χ2n) is 7.42. The normalized spacial score (nSPS) is 11.6. The molecule has 4 aromatic rings. The molecule has 0 radical (unpaired) electrons. The smallest absolute Gasteiger partial charge is 0.176 e. The molecule has 0 aliphatic carbocycles. The van der Waals surface area contributed by atoms with Crippen molar-refractivity contribution in [3.63, 3.8) is 0 Å². The number of H-pyrrole nitrogens is 1. The number of rotatable bonds is 7. The van der Waals surface area contributed by atoms with Gasteiger partial charge in [-0.3, -0.25) is 9.78 Å². The summed E-state index contributed by atoms with van der Waals surface area (Å²) in [6.07, 6.45) is 4.41. The van der Waals surface area contributed by atoms with E-state index in [0.29, 0.717) is 28.5 Å². The van der Waals surface area contributed by atoms with Crippen molar-refractivity contribution in [1.82, 2.24) is 25.0 Å². The molecule has 1 aromatic carbocycles. The first-order chi connectivity index (χ1) is 16.1. The lowest BCUT2D eigenvalue weighted by atomic mass is 10.1. The van der Waals surface area contributed by atoms with Crippen LogP contribution < -0.4 is 10.1 Å². The summed E-state index contributed by atoms with van der Waals surface area (Å²) in [5.74, 6) is 0.466. The topological polar surface area (TPSA) is 115 Å². The van der Waals surface area contributed by atoms with E-state index in [1.54, 1.807) is 30.2 Å². The molecule has 0 spiro atoms. The molecule has 0 bridgehead atoms. The Labute approximate surface area is 204 Å². The predicted octanol–water partition coefficient (Wildman–Crippen LogP) is 4.61. The molecule has 3 aromatic heterocycles. The second kappa shape index (κ2) is 9.28. The van der Waals surface area contributed by atoms with Gasteiger partial charge in [-0.2, -0.15) is 10.2 Å². The van der Waals surface area contributed by atoms with Crippen molar-refractivity contribution in [1.29, 1.82) is 0 Å². The zero-order valence-electron chi connectivity index (χ0n) is 18.6. The molecule has 0 amide bonds. The van der Waals surface area contributed by atoms with Crippen LogP contribution in [0.2, 0.25) is 5.02 Å². The van der Waals surface area contributed by atoms with E-state index in [9.17, 15) is 12.8 Å². The second-order valence-corrected chi connectivity index (χ2v) is 10.8. The summed E-state index contributed by atoms with van der Waals surface area (Å²) in [6, 6.07) is 5.48. The standard InChI is InChI=1S/C21H20ClFN6O3S2/c1-11-7-16(28-27-11)25-20-19(32-3)17(12-9-24-29(2)10-12)18(22)21(26-20)33-15-6-5-13(8-14(15)23)34(4,30)31/h5-10H,1-4H3,(H2,25,26,27,28). The van der Waals surface area contributed by atoms with E-state index in [0.717, 1.165) is 29.8 Å². The first kappa shape index (κ1) is 24.0. The average Bonchev–Trinajstić information content (AvgIpc) is 3.38.